The molecule has 1 amide bonds. The van der Waals surface area contributed by atoms with Crippen LogP contribution in [0.15, 0.2) is 18.2 Å². The molecule has 0 saturated heterocycles. The largest absolute Gasteiger partial charge is 0.290 e. The van der Waals surface area contributed by atoms with Gasteiger partial charge in [-0.05, 0) is 18.2 Å². The molecule has 1 aromatic heterocycles. The highest BCUT2D eigenvalue weighted by molar-refractivity contribution is 5.96. The van der Waals surface area contributed by atoms with E-state index in [4.69, 9.17) is 5.84 Å². The van der Waals surface area contributed by atoms with Gasteiger partial charge in [-0.25, -0.2) is 10.5 Å². The first kappa shape index (κ1) is 8.64. The molecule has 0 radical (unpaired) electrons. The Morgan fingerprint density at radius 2 is 2.36 bits per heavy atom. The predicted molar refractivity (Wildman–Crippen MR) is 50.2 cm³/mol. The molecule has 0 aliphatic rings. The number of carbonyl (C=O) groups is 1. The van der Waals surface area contributed by atoms with Crippen LogP contribution in [0.4, 0.5) is 0 Å². The van der Waals surface area contributed by atoms with Gasteiger partial charge < -0.3 is 0 Å². The molecule has 0 aliphatic carbocycles. The second-order valence-electron chi connectivity index (χ2n) is 2.89. The third kappa shape index (κ3) is 1.21. The molecule has 0 fully saturated rings. The summed E-state index contributed by atoms with van der Waals surface area (Å²) in [5, 5.41) is 7.71. The molecule has 72 valence electrons. The summed E-state index contributed by atoms with van der Waals surface area (Å²) in [6.07, 6.45) is 0. The summed E-state index contributed by atoms with van der Waals surface area (Å²) in [7, 11) is 1.79. The maximum absolute atomic E-state index is 11.2. The van der Waals surface area contributed by atoms with Gasteiger partial charge in [0.25, 0.3) is 5.91 Å². The fourth-order valence-electron chi connectivity index (χ4n) is 1.27. The molecule has 14 heavy (non-hydrogen) atoms. The Kier molecular flexibility index (Phi) is 1.90. The van der Waals surface area contributed by atoms with Crippen LogP contribution in [0.3, 0.4) is 0 Å². The molecule has 0 unspecified atom stereocenters. The van der Waals surface area contributed by atoms with Crippen LogP contribution in [0.2, 0.25) is 0 Å². The van der Waals surface area contributed by atoms with Crippen LogP contribution in [0.25, 0.3) is 11.0 Å². The second kappa shape index (κ2) is 3.08. The molecule has 2 aromatic rings. The zero-order valence-electron chi connectivity index (χ0n) is 7.56. The van der Waals surface area contributed by atoms with Crippen molar-refractivity contribution in [1.29, 1.82) is 0 Å². The molecule has 1 aromatic carbocycles. The fourth-order valence-corrected chi connectivity index (χ4v) is 1.27. The highest BCUT2D eigenvalue weighted by Crippen LogP contribution is 2.11. The van der Waals surface area contributed by atoms with Crippen LogP contribution in [0.5, 0.6) is 0 Å². The Balaban J connectivity index is 2.57. The average Bonchev–Trinajstić information content (AvgIpc) is 2.59. The third-order valence-corrected chi connectivity index (χ3v) is 2.00. The minimum Gasteiger partial charge on any atom is -0.290 e. The van der Waals surface area contributed by atoms with Gasteiger partial charge in [0, 0.05) is 12.6 Å². The lowest BCUT2D eigenvalue weighted by molar-refractivity contribution is 0.0954. The Labute approximate surface area is 79.7 Å². The summed E-state index contributed by atoms with van der Waals surface area (Å²) >= 11 is 0. The van der Waals surface area contributed by atoms with Crippen molar-refractivity contribution in [2.45, 2.75) is 0 Å². The maximum Gasteiger partial charge on any atom is 0.265 e. The molecule has 0 aliphatic heterocycles. The summed E-state index contributed by atoms with van der Waals surface area (Å²) in [4.78, 5) is 11.2. The number of rotatable bonds is 1. The normalized spacial score (nSPS) is 10.4. The monoisotopic (exact) mass is 191 g/mol. The van der Waals surface area contributed by atoms with E-state index in [2.05, 4.69) is 15.7 Å². The van der Waals surface area contributed by atoms with Crippen LogP contribution in [-0.4, -0.2) is 20.9 Å². The summed E-state index contributed by atoms with van der Waals surface area (Å²) in [6, 6.07) is 5.10. The summed E-state index contributed by atoms with van der Waals surface area (Å²) in [5.41, 5.74) is 4.08. The lowest BCUT2D eigenvalue weighted by Gasteiger charge is -1.98. The number of aromatic nitrogens is 3. The van der Waals surface area contributed by atoms with Gasteiger partial charge in [-0.15, -0.1) is 5.10 Å². The zero-order chi connectivity index (χ0) is 10.1. The van der Waals surface area contributed by atoms with Crippen molar-refractivity contribution >= 4 is 16.9 Å². The lowest BCUT2D eigenvalue weighted by Crippen LogP contribution is -2.29. The highest BCUT2D eigenvalue weighted by Gasteiger charge is 2.06. The van der Waals surface area contributed by atoms with Crippen LogP contribution in [-0.2, 0) is 7.05 Å². The summed E-state index contributed by atoms with van der Waals surface area (Å²) in [5.74, 6) is 4.68. The first-order chi connectivity index (χ1) is 6.72. The number of benzene rings is 1. The second-order valence-corrected chi connectivity index (χ2v) is 2.89. The molecular formula is C8H9N5O. The number of hydrogen-bond acceptors (Lipinski definition) is 4. The number of carbonyl (C=O) groups excluding carboxylic acids is 1. The van der Waals surface area contributed by atoms with Crippen LogP contribution in [0, 0.1) is 0 Å². The Morgan fingerprint density at radius 1 is 1.57 bits per heavy atom. The number of nitrogens with one attached hydrogen (secondary N) is 1. The highest BCUT2D eigenvalue weighted by atomic mass is 16.2. The quantitative estimate of drug-likeness (QED) is 0.364. The van der Waals surface area contributed by atoms with Crippen LogP contribution >= 0.6 is 0 Å². The van der Waals surface area contributed by atoms with E-state index in [1.54, 1.807) is 29.9 Å². The molecule has 0 atom stereocenters. The average molecular weight is 191 g/mol. The topological polar surface area (TPSA) is 85.8 Å². The minimum atomic E-state index is -0.336. The molecule has 0 spiro atoms. The zero-order valence-corrected chi connectivity index (χ0v) is 7.56. The number of nitrogens with zero attached hydrogens (tertiary/aromatic N) is 3. The predicted octanol–water partition coefficient (Wildman–Crippen LogP) is -0.428. The first-order valence-electron chi connectivity index (χ1n) is 4.03. The van der Waals surface area contributed by atoms with Crippen molar-refractivity contribution in [3.63, 3.8) is 0 Å². The SMILES string of the molecule is Cn1nnc2cc(C(=O)NN)ccc21. The van der Waals surface area contributed by atoms with E-state index in [1.165, 1.54) is 0 Å². The first-order valence-corrected chi connectivity index (χ1v) is 4.03. The Hall–Kier alpha value is -1.95. The molecule has 2 rings (SSSR count). The maximum atomic E-state index is 11.2. The number of nitrogen functional groups attached to an aromatic ring is 1. The van der Waals surface area contributed by atoms with Crippen LogP contribution in [0.1, 0.15) is 10.4 Å². The molecular weight excluding hydrogens is 182 g/mol. The van der Waals surface area contributed by atoms with Gasteiger partial charge in [-0.2, -0.15) is 0 Å². The standard InChI is InChI=1S/C8H9N5O/c1-13-7-3-2-5(8(14)10-9)4-6(7)11-12-13/h2-4H,9H2,1H3,(H,10,14). The van der Waals surface area contributed by atoms with Crippen molar-refractivity contribution < 1.29 is 4.79 Å². The number of fused-ring (bicyclic) bond motifs is 1. The van der Waals surface area contributed by atoms with Crippen molar-refractivity contribution in [3.05, 3.63) is 23.8 Å². The van der Waals surface area contributed by atoms with Crippen molar-refractivity contribution in [3.8, 4) is 0 Å². The third-order valence-electron chi connectivity index (χ3n) is 2.00. The van der Waals surface area contributed by atoms with Crippen molar-refractivity contribution in [1.82, 2.24) is 20.4 Å². The van der Waals surface area contributed by atoms with Crippen molar-refractivity contribution in [2.75, 3.05) is 0 Å². The minimum absolute atomic E-state index is 0.336. The van der Waals surface area contributed by atoms with Crippen LogP contribution < -0.4 is 11.3 Å². The van der Waals surface area contributed by atoms with Gasteiger partial charge in [0.2, 0.25) is 0 Å². The van der Waals surface area contributed by atoms with Gasteiger partial charge in [-0.1, -0.05) is 5.21 Å². The van der Waals surface area contributed by atoms with E-state index >= 15 is 0 Å². The number of amides is 1. The van der Waals surface area contributed by atoms with Gasteiger partial charge in [-0.3, -0.25) is 10.2 Å². The van der Waals surface area contributed by atoms with E-state index in [0.717, 1.165) is 5.52 Å². The number of nitrogens with two attached hydrogens (primary N) is 1. The molecule has 6 heteroatoms. The number of aryl methyl sites for hydroxylation is 1. The Bertz CT molecular complexity index is 489. The summed E-state index contributed by atoms with van der Waals surface area (Å²) < 4.78 is 1.64. The molecule has 6 nitrogen and oxygen atoms in total. The van der Waals surface area contributed by atoms with Gasteiger partial charge in [0.05, 0.1) is 5.52 Å². The van der Waals surface area contributed by atoms with E-state index in [1.807, 2.05) is 0 Å². The number of hydrogen-bond donors (Lipinski definition) is 2. The van der Waals surface area contributed by atoms with Gasteiger partial charge >= 0.3 is 0 Å². The molecule has 0 bridgehead atoms. The molecule has 3 N–H and O–H groups in total. The number of hydrazine groups is 1. The van der Waals surface area contributed by atoms with E-state index in [-0.39, 0.29) is 5.91 Å². The van der Waals surface area contributed by atoms with Crippen molar-refractivity contribution in [2.24, 2.45) is 12.9 Å². The van der Waals surface area contributed by atoms with E-state index in [0.29, 0.717) is 11.1 Å². The van der Waals surface area contributed by atoms with E-state index < -0.39 is 0 Å². The van der Waals surface area contributed by atoms with Gasteiger partial charge in [0.1, 0.15) is 5.52 Å². The summed E-state index contributed by atoms with van der Waals surface area (Å²) in [6.45, 7) is 0. The molecule has 1 heterocycles. The Morgan fingerprint density at radius 3 is 3.07 bits per heavy atom. The van der Waals surface area contributed by atoms with E-state index in [9.17, 15) is 4.79 Å². The molecule has 0 saturated carbocycles. The smallest absolute Gasteiger partial charge is 0.265 e. The lowest BCUT2D eigenvalue weighted by atomic mass is 10.2. The van der Waals surface area contributed by atoms with Gasteiger partial charge in [0.15, 0.2) is 0 Å². The fraction of sp³-hybridized carbons (Fsp3) is 0.125.